The number of aromatic nitrogens is 1. The Morgan fingerprint density at radius 2 is 2.27 bits per heavy atom. The van der Waals surface area contributed by atoms with Crippen LogP contribution in [-0.4, -0.2) is 27.6 Å². The van der Waals surface area contributed by atoms with E-state index in [0.29, 0.717) is 24.1 Å². The van der Waals surface area contributed by atoms with Crippen molar-refractivity contribution in [2.45, 2.75) is 57.7 Å². The molecule has 0 aliphatic carbocycles. The minimum absolute atomic E-state index is 0.340. The number of oxazole rings is 1. The molecule has 1 fully saturated rings. The van der Waals surface area contributed by atoms with Crippen molar-refractivity contribution in [1.29, 1.82) is 0 Å². The largest absolute Gasteiger partial charge is 0.467 e. The van der Waals surface area contributed by atoms with Crippen LogP contribution in [0, 0.1) is 0 Å². The van der Waals surface area contributed by atoms with Crippen LogP contribution in [0.2, 0.25) is 0 Å². The van der Waals surface area contributed by atoms with Crippen molar-refractivity contribution in [2.75, 3.05) is 6.54 Å². The van der Waals surface area contributed by atoms with Crippen LogP contribution >= 0.6 is 0 Å². The maximum absolute atomic E-state index is 10.3. The Hall–Kier alpha value is -1.59. The summed E-state index contributed by atoms with van der Waals surface area (Å²) in [5.41, 5.74) is 1.02. The van der Waals surface area contributed by atoms with E-state index in [4.69, 9.17) is 8.83 Å². The molecule has 0 bridgehead atoms. The fourth-order valence-electron chi connectivity index (χ4n) is 3.28. The van der Waals surface area contributed by atoms with E-state index in [1.54, 1.807) is 6.26 Å². The first-order valence-corrected chi connectivity index (χ1v) is 8.03. The summed E-state index contributed by atoms with van der Waals surface area (Å²) in [6.07, 6.45) is 5.56. The Morgan fingerprint density at radius 3 is 3.00 bits per heavy atom. The second kappa shape index (κ2) is 6.67. The van der Waals surface area contributed by atoms with E-state index in [1.807, 2.05) is 12.1 Å². The molecule has 0 amide bonds. The molecule has 0 radical (unpaired) electrons. The van der Waals surface area contributed by atoms with Gasteiger partial charge in [0.25, 0.3) is 0 Å². The maximum Gasteiger partial charge on any atom is 0.181 e. The lowest BCUT2D eigenvalue weighted by Gasteiger charge is -2.25. The van der Waals surface area contributed by atoms with Crippen molar-refractivity contribution < 1.29 is 13.9 Å². The number of nitrogens with zero attached hydrogens (tertiary/aromatic N) is 2. The molecule has 0 aromatic carbocycles. The third kappa shape index (κ3) is 3.25. The van der Waals surface area contributed by atoms with Crippen LogP contribution in [-0.2, 0) is 6.54 Å². The van der Waals surface area contributed by atoms with Crippen LogP contribution in [0.5, 0.6) is 0 Å². The fourth-order valence-corrected chi connectivity index (χ4v) is 3.28. The van der Waals surface area contributed by atoms with Gasteiger partial charge in [0.05, 0.1) is 12.0 Å². The fraction of sp³-hybridized carbons (Fsp3) is 0.588. The van der Waals surface area contributed by atoms with Crippen molar-refractivity contribution in [3.63, 3.8) is 0 Å². The predicted octanol–water partition coefficient (Wildman–Crippen LogP) is 3.48. The summed E-state index contributed by atoms with van der Waals surface area (Å²) in [7, 11) is 0. The summed E-state index contributed by atoms with van der Waals surface area (Å²) >= 11 is 0. The Labute approximate surface area is 130 Å². The molecule has 2 aromatic rings. The molecule has 3 heterocycles. The zero-order valence-electron chi connectivity index (χ0n) is 13.2. The molecule has 22 heavy (non-hydrogen) atoms. The minimum atomic E-state index is -0.539. The lowest BCUT2D eigenvalue weighted by Crippen LogP contribution is -2.30. The average molecular weight is 304 g/mol. The Bertz CT molecular complexity index is 577. The van der Waals surface area contributed by atoms with Crippen molar-refractivity contribution in [2.24, 2.45) is 0 Å². The number of likely N-dealkylation sites (tertiary alicyclic amines) is 1. The van der Waals surface area contributed by atoms with Gasteiger partial charge in [-0.25, -0.2) is 4.98 Å². The number of rotatable bonds is 6. The molecular weight excluding hydrogens is 280 g/mol. The maximum atomic E-state index is 10.3. The van der Waals surface area contributed by atoms with Crippen LogP contribution in [0.25, 0.3) is 0 Å². The molecule has 2 atom stereocenters. The summed E-state index contributed by atoms with van der Waals surface area (Å²) in [5.74, 6) is 1.96. The SMILES string of the molecule is CC(C)c1ocnc1CN1CCCC1CC(O)c1ccco1. The summed E-state index contributed by atoms with van der Waals surface area (Å²) in [4.78, 5) is 6.77. The van der Waals surface area contributed by atoms with E-state index < -0.39 is 6.10 Å². The van der Waals surface area contributed by atoms with Gasteiger partial charge in [-0.3, -0.25) is 4.90 Å². The lowest BCUT2D eigenvalue weighted by atomic mass is 10.0. The number of aliphatic hydroxyl groups excluding tert-OH is 1. The monoisotopic (exact) mass is 304 g/mol. The standard InChI is InChI=1S/C17H24N2O3/c1-12(2)17-14(18-11-22-17)10-19-7-3-5-13(19)9-15(20)16-6-4-8-21-16/h4,6,8,11-13,15,20H,3,5,7,9-10H2,1-2H3. The summed E-state index contributed by atoms with van der Waals surface area (Å²) in [5, 5.41) is 10.3. The van der Waals surface area contributed by atoms with Gasteiger partial charge in [0.1, 0.15) is 17.6 Å². The van der Waals surface area contributed by atoms with Crippen LogP contribution < -0.4 is 0 Å². The van der Waals surface area contributed by atoms with Crippen LogP contribution in [0.15, 0.2) is 33.6 Å². The molecule has 0 spiro atoms. The molecular formula is C17H24N2O3. The first-order valence-electron chi connectivity index (χ1n) is 8.03. The van der Waals surface area contributed by atoms with Crippen LogP contribution in [0.1, 0.15) is 62.3 Å². The van der Waals surface area contributed by atoms with E-state index in [-0.39, 0.29) is 0 Å². The Morgan fingerprint density at radius 1 is 1.41 bits per heavy atom. The van der Waals surface area contributed by atoms with Gasteiger partial charge in [0.2, 0.25) is 0 Å². The van der Waals surface area contributed by atoms with Gasteiger partial charge in [-0.2, -0.15) is 0 Å². The molecule has 1 aliphatic heterocycles. The Kier molecular flexibility index (Phi) is 4.64. The Balaban J connectivity index is 1.64. The third-order valence-corrected chi connectivity index (χ3v) is 4.42. The van der Waals surface area contributed by atoms with Gasteiger partial charge in [0, 0.05) is 18.5 Å². The van der Waals surface area contributed by atoms with Gasteiger partial charge in [-0.05, 0) is 37.9 Å². The normalized spacial score (nSPS) is 20.8. The highest BCUT2D eigenvalue weighted by Crippen LogP contribution is 2.30. The molecule has 1 aliphatic rings. The molecule has 5 nitrogen and oxygen atoms in total. The average Bonchev–Trinajstić information content (AvgIpc) is 3.20. The molecule has 120 valence electrons. The number of aliphatic hydroxyl groups is 1. The summed E-state index contributed by atoms with van der Waals surface area (Å²) in [6, 6.07) is 4.00. The zero-order valence-corrected chi connectivity index (χ0v) is 13.2. The summed E-state index contributed by atoms with van der Waals surface area (Å²) < 4.78 is 10.8. The van der Waals surface area contributed by atoms with E-state index in [0.717, 1.165) is 37.4 Å². The highest BCUT2D eigenvalue weighted by atomic mass is 16.4. The van der Waals surface area contributed by atoms with Crippen molar-refractivity contribution in [3.05, 3.63) is 42.0 Å². The minimum Gasteiger partial charge on any atom is -0.467 e. The number of furan rings is 1. The van der Waals surface area contributed by atoms with E-state index >= 15 is 0 Å². The van der Waals surface area contributed by atoms with Crippen LogP contribution in [0.4, 0.5) is 0 Å². The lowest BCUT2D eigenvalue weighted by molar-refractivity contribution is 0.0989. The van der Waals surface area contributed by atoms with Crippen molar-refractivity contribution in [1.82, 2.24) is 9.88 Å². The van der Waals surface area contributed by atoms with Gasteiger partial charge in [-0.1, -0.05) is 13.8 Å². The quantitative estimate of drug-likeness (QED) is 0.885. The second-order valence-corrected chi connectivity index (χ2v) is 6.35. The van der Waals surface area contributed by atoms with Gasteiger partial charge >= 0.3 is 0 Å². The van der Waals surface area contributed by atoms with Crippen molar-refractivity contribution in [3.8, 4) is 0 Å². The molecule has 5 heteroatoms. The highest BCUT2D eigenvalue weighted by Gasteiger charge is 2.29. The number of hydrogen-bond acceptors (Lipinski definition) is 5. The summed E-state index contributed by atoms with van der Waals surface area (Å²) in [6.45, 7) is 6.07. The molecule has 0 saturated carbocycles. The smallest absolute Gasteiger partial charge is 0.181 e. The van der Waals surface area contributed by atoms with Gasteiger partial charge in [0.15, 0.2) is 6.39 Å². The molecule has 3 rings (SSSR count). The van der Waals surface area contributed by atoms with Crippen LogP contribution in [0.3, 0.4) is 0 Å². The van der Waals surface area contributed by atoms with Crippen molar-refractivity contribution >= 4 is 0 Å². The molecule has 1 saturated heterocycles. The first kappa shape index (κ1) is 15.3. The number of hydrogen-bond donors (Lipinski definition) is 1. The third-order valence-electron chi connectivity index (χ3n) is 4.42. The van der Waals surface area contributed by atoms with E-state index in [1.165, 1.54) is 6.39 Å². The molecule has 2 aromatic heterocycles. The second-order valence-electron chi connectivity index (χ2n) is 6.35. The van der Waals surface area contributed by atoms with Gasteiger partial charge in [-0.15, -0.1) is 0 Å². The zero-order chi connectivity index (χ0) is 15.5. The first-order chi connectivity index (χ1) is 10.6. The molecule has 1 N–H and O–H groups in total. The van der Waals surface area contributed by atoms with E-state index in [2.05, 4.69) is 23.7 Å². The highest BCUT2D eigenvalue weighted by molar-refractivity contribution is 5.12. The van der Waals surface area contributed by atoms with Gasteiger partial charge < -0.3 is 13.9 Å². The van der Waals surface area contributed by atoms with E-state index in [9.17, 15) is 5.11 Å². The molecule has 2 unspecified atom stereocenters. The topological polar surface area (TPSA) is 62.6 Å². The predicted molar refractivity (Wildman–Crippen MR) is 82.3 cm³/mol.